The van der Waals surface area contributed by atoms with Gasteiger partial charge in [-0.15, -0.1) is 0 Å². The number of rotatable bonds is 5. The van der Waals surface area contributed by atoms with Crippen LogP contribution in [0.5, 0.6) is 11.5 Å². The van der Waals surface area contributed by atoms with Gasteiger partial charge in [-0.2, -0.15) is 11.8 Å². The number of hydrogen-bond donors (Lipinski definition) is 1. The summed E-state index contributed by atoms with van der Waals surface area (Å²) in [7, 11) is 3.34. The highest BCUT2D eigenvalue weighted by molar-refractivity contribution is 7.99. The first-order valence-electron chi connectivity index (χ1n) is 6.80. The summed E-state index contributed by atoms with van der Waals surface area (Å²) in [6, 6.07) is 7.11. The molecule has 0 radical (unpaired) electrons. The fourth-order valence-electron chi connectivity index (χ4n) is 2.44. The minimum atomic E-state index is 0.337. The van der Waals surface area contributed by atoms with Gasteiger partial charge in [-0.3, -0.25) is 0 Å². The molecule has 1 fully saturated rings. The maximum absolute atomic E-state index is 5.36. The lowest BCUT2D eigenvalue weighted by Crippen LogP contribution is -2.35. The second-order valence-electron chi connectivity index (χ2n) is 4.92. The monoisotopic (exact) mass is 281 g/mol. The lowest BCUT2D eigenvalue weighted by atomic mass is 10.1. The standard InChI is InChI=1S/C15H23NO2S/c1-11(16-13-5-4-8-19-10-13)12-6-7-14(17-2)15(9-12)18-3/h6-7,9,11,13,16H,4-5,8,10H2,1-3H3/t11-,13-/m1/s1. The van der Waals surface area contributed by atoms with Crippen LogP contribution in [0.2, 0.25) is 0 Å². The van der Waals surface area contributed by atoms with E-state index in [-0.39, 0.29) is 0 Å². The average molecular weight is 281 g/mol. The zero-order valence-corrected chi connectivity index (χ0v) is 12.8. The Labute approximate surface area is 120 Å². The number of benzene rings is 1. The Bertz CT molecular complexity index is 405. The normalized spacial score (nSPS) is 20.9. The van der Waals surface area contributed by atoms with Crippen LogP contribution in [-0.2, 0) is 0 Å². The van der Waals surface area contributed by atoms with Gasteiger partial charge < -0.3 is 14.8 Å². The van der Waals surface area contributed by atoms with Gasteiger partial charge in [0.25, 0.3) is 0 Å². The van der Waals surface area contributed by atoms with Crippen LogP contribution in [0.4, 0.5) is 0 Å². The summed E-state index contributed by atoms with van der Waals surface area (Å²) in [5.41, 5.74) is 1.24. The Balaban J connectivity index is 2.03. The van der Waals surface area contributed by atoms with Crippen LogP contribution < -0.4 is 14.8 Å². The molecule has 0 saturated carbocycles. The first-order chi connectivity index (χ1) is 9.24. The quantitative estimate of drug-likeness (QED) is 0.897. The molecule has 0 unspecified atom stereocenters. The summed E-state index contributed by atoms with van der Waals surface area (Å²) in [5.74, 6) is 4.11. The van der Waals surface area contributed by atoms with Crippen molar-refractivity contribution < 1.29 is 9.47 Å². The first kappa shape index (κ1) is 14.5. The van der Waals surface area contributed by atoms with Gasteiger partial charge in [0.1, 0.15) is 0 Å². The maximum Gasteiger partial charge on any atom is 0.161 e. The number of thioether (sulfide) groups is 1. The van der Waals surface area contributed by atoms with Crippen molar-refractivity contribution in [3.63, 3.8) is 0 Å². The van der Waals surface area contributed by atoms with Crippen molar-refractivity contribution in [1.82, 2.24) is 5.32 Å². The minimum absolute atomic E-state index is 0.337. The van der Waals surface area contributed by atoms with Gasteiger partial charge in [-0.05, 0) is 43.2 Å². The lowest BCUT2D eigenvalue weighted by molar-refractivity contribution is 0.353. The second kappa shape index (κ2) is 7.06. The highest BCUT2D eigenvalue weighted by Crippen LogP contribution is 2.30. The first-order valence-corrected chi connectivity index (χ1v) is 7.95. The summed E-state index contributed by atoms with van der Waals surface area (Å²) in [6.45, 7) is 2.21. The molecule has 1 aromatic carbocycles. The van der Waals surface area contributed by atoms with Gasteiger partial charge in [0.05, 0.1) is 14.2 Å². The molecule has 1 aliphatic heterocycles. The number of hydrogen-bond acceptors (Lipinski definition) is 4. The van der Waals surface area contributed by atoms with Crippen LogP contribution in [0.3, 0.4) is 0 Å². The molecule has 1 aromatic rings. The third kappa shape index (κ3) is 3.80. The predicted molar refractivity (Wildman–Crippen MR) is 81.4 cm³/mol. The highest BCUT2D eigenvalue weighted by atomic mass is 32.2. The molecule has 2 atom stereocenters. The largest absolute Gasteiger partial charge is 0.493 e. The lowest BCUT2D eigenvalue weighted by Gasteiger charge is -2.26. The SMILES string of the molecule is COc1ccc([C@@H](C)N[C@@H]2CCCSC2)cc1OC. The summed E-state index contributed by atoms with van der Waals surface area (Å²) < 4.78 is 10.6. The Morgan fingerprint density at radius 1 is 1.26 bits per heavy atom. The van der Waals surface area contributed by atoms with Crippen molar-refractivity contribution in [2.45, 2.75) is 31.8 Å². The van der Waals surface area contributed by atoms with E-state index in [9.17, 15) is 0 Å². The summed E-state index contributed by atoms with van der Waals surface area (Å²) in [5, 5.41) is 3.71. The van der Waals surface area contributed by atoms with Crippen molar-refractivity contribution in [3.8, 4) is 11.5 Å². The second-order valence-corrected chi connectivity index (χ2v) is 6.07. The smallest absolute Gasteiger partial charge is 0.161 e. The topological polar surface area (TPSA) is 30.5 Å². The molecule has 1 heterocycles. The van der Waals surface area contributed by atoms with E-state index in [0.29, 0.717) is 12.1 Å². The molecule has 19 heavy (non-hydrogen) atoms. The van der Waals surface area contributed by atoms with Crippen LogP contribution in [0.25, 0.3) is 0 Å². The van der Waals surface area contributed by atoms with E-state index in [0.717, 1.165) is 11.5 Å². The molecule has 0 amide bonds. The molecule has 106 valence electrons. The van der Waals surface area contributed by atoms with Gasteiger partial charge >= 0.3 is 0 Å². The molecule has 0 bridgehead atoms. The van der Waals surface area contributed by atoms with Gasteiger partial charge in [0, 0.05) is 17.8 Å². The van der Waals surface area contributed by atoms with Crippen LogP contribution >= 0.6 is 11.8 Å². The fraction of sp³-hybridized carbons (Fsp3) is 0.600. The van der Waals surface area contributed by atoms with E-state index in [1.807, 2.05) is 17.8 Å². The molecule has 3 nitrogen and oxygen atoms in total. The van der Waals surface area contributed by atoms with Gasteiger partial charge in [-0.1, -0.05) is 6.07 Å². The molecule has 2 rings (SSSR count). The van der Waals surface area contributed by atoms with Crippen molar-refractivity contribution in [3.05, 3.63) is 23.8 Å². The zero-order chi connectivity index (χ0) is 13.7. The predicted octanol–water partition coefficient (Wildman–Crippen LogP) is 3.25. The number of nitrogens with one attached hydrogen (secondary N) is 1. The highest BCUT2D eigenvalue weighted by Gasteiger charge is 2.17. The Morgan fingerprint density at radius 3 is 2.68 bits per heavy atom. The van der Waals surface area contributed by atoms with Crippen molar-refractivity contribution >= 4 is 11.8 Å². The van der Waals surface area contributed by atoms with Crippen LogP contribution in [0.1, 0.15) is 31.4 Å². The van der Waals surface area contributed by atoms with E-state index in [1.165, 1.54) is 29.9 Å². The van der Waals surface area contributed by atoms with Crippen LogP contribution in [-0.4, -0.2) is 31.8 Å². The maximum atomic E-state index is 5.36. The Morgan fingerprint density at radius 2 is 2.05 bits per heavy atom. The summed E-state index contributed by atoms with van der Waals surface area (Å²) in [6.07, 6.45) is 2.60. The van der Waals surface area contributed by atoms with Gasteiger partial charge in [-0.25, -0.2) is 0 Å². The van der Waals surface area contributed by atoms with Crippen LogP contribution in [0.15, 0.2) is 18.2 Å². The Hall–Kier alpha value is -0.870. The average Bonchev–Trinajstić information content (AvgIpc) is 2.47. The van der Waals surface area contributed by atoms with Crippen molar-refractivity contribution in [2.75, 3.05) is 25.7 Å². The molecule has 4 heteroatoms. The van der Waals surface area contributed by atoms with Gasteiger partial charge in [0.2, 0.25) is 0 Å². The molecule has 0 aromatic heterocycles. The van der Waals surface area contributed by atoms with Gasteiger partial charge in [0.15, 0.2) is 11.5 Å². The van der Waals surface area contributed by atoms with E-state index in [2.05, 4.69) is 24.4 Å². The van der Waals surface area contributed by atoms with Crippen LogP contribution in [0, 0.1) is 0 Å². The molecular weight excluding hydrogens is 258 g/mol. The summed E-state index contributed by atoms with van der Waals surface area (Å²) in [4.78, 5) is 0. The summed E-state index contributed by atoms with van der Waals surface area (Å²) >= 11 is 2.05. The molecule has 1 aliphatic rings. The third-order valence-corrected chi connectivity index (χ3v) is 4.77. The van der Waals surface area contributed by atoms with E-state index in [1.54, 1.807) is 14.2 Å². The van der Waals surface area contributed by atoms with Crippen molar-refractivity contribution in [2.24, 2.45) is 0 Å². The van der Waals surface area contributed by atoms with E-state index < -0.39 is 0 Å². The number of ether oxygens (including phenoxy) is 2. The molecule has 0 spiro atoms. The fourth-order valence-corrected chi connectivity index (χ4v) is 3.53. The Kier molecular flexibility index (Phi) is 5.40. The van der Waals surface area contributed by atoms with E-state index in [4.69, 9.17) is 9.47 Å². The minimum Gasteiger partial charge on any atom is -0.493 e. The molecule has 1 N–H and O–H groups in total. The molecule has 0 aliphatic carbocycles. The molecular formula is C15H23NO2S. The zero-order valence-electron chi connectivity index (χ0n) is 11.9. The number of methoxy groups -OCH3 is 2. The third-order valence-electron chi connectivity index (χ3n) is 3.55. The molecule has 1 saturated heterocycles. The van der Waals surface area contributed by atoms with E-state index >= 15 is 0 Å². The van der Waals surface area contributed by atoms with Crippen molar-refractivity contribution in [1.29, 1.82) is 0 Å².